The van der Waals surface area contributed by atoms with Crippen LogP contribution in [0, 0.1) is 5.92 Å². The van der Waals surface area contributed by atoms with Crippen LogP contribution in [0.2, 0.25) is 0 Å². The summed E-state index contributed by atoms with van der Waals surface area (Å²) >= 11 is 1.47. The Balaban J connectivity index is 1.46. The van der Waals surface area contributed by atoms with Crippen LogP contribution >= 0.6 is 11.8 Å². The molecule has 1 unspecified atom stereocenters. The SMILES string of the molecule is CCc1ccc(OCc2nnc(SC(C)C(=O)N3CCc4ccccc43)n2CC(C)C)cc1. The summed E-state index contributed by atoms with van der Waals surface area (Å²) in [6, 6.07) is 16.3. The Bertz CT molecular complexity index is 1090. The first-order chi connectivity index (χ1) is 16.0. The molecule has 0 N–H and O–H groups in total. The Kier molecular flexibility index (Phi) is 7.38. The van der Waals surface area contributed by atoms with E-state index >= 15 is 0 Å². The minimum atomic E-state index is -0.262. The van der Waals surface area contributed by atoms with Crippen LogP contribution in [0.4, 0.5) is 5.69 Å². The molecule has 1 amide bonds. The van der Waals surface area contributed by atoms with Gasteiger partial charge in [0.05, 0.1) is 5.25 Å². The van der Waals surface area contributed by atoms with E-state index in [0.29, 0.717) is 12.5 Å². The van der Waals surface area contributed by atoms with Gasteiger partial charge in [0.2, 0.25) is 5.91 Å². The van der Waals surface area contributed by atoms with E-state index in [1.165, 1.54) is 22.9 Å². The quantitative estimate of drug-likeness (QED) is 0.410. The maximum atomic E-state index is 13.2. The number of hydrogen-bond acceptors (Lipinski definition) is 5. The monoisotopic (exact) mass is 464 g/mol. The maximum Gasteiger partial charge on any atom is 0.240 e. The molecule has 4 rings (SSSR count). The first-order valence-electron chi connectivity index (χ1n) is 11.7. The van der Waals surface area contributed by atoms with Gasteiger partial charge in [-0.25, -0.2) is 0 Å². The van der Waals surface area contributed by atoms with Crippen molar-refractivity contribution in [1.82, 2.24) is 14.8 Å². The Morgan fingerprint density at radius 1 is 1.09 bits per heavy atom. The molecule has 6 nitrogen and oxygen atoms in total. The molecule has 1 atom stereocenters. The molecule has 0 saturated carbocycles. The van der Waals surface area contributed by atoms with Gasteiger partial charge in [0.25, 0.3) is 0 Å². The Labute approximate surface area is 200 Å². The fourth-order valence-corrected chi connectivity index (χ4v) is 4.97. The van der Waals surface area contributed by atoms with Crippen molar-refractivity contribution in [2.75, 3.05) is 11.4 Å². The molecule has 2 aromatic carbocycles. The number of anilines is 1. The molecule has 0 fully saturated rings. The van der Waals surface area contributed by atoms with Crippen LogP contribution in [0.25, 0.3) is 0 Å². The molecule has 1 aliphatic rings. The summed E-state index contributed by atoms with van der Waals surface area (Å²) in [5.74, 6) is 2.12. The first-order valence-corrected chi connectivity index (χ1v) is 12.5. The molecule has 7 heteroatoms. The van der Waals surface area contributed by atoms with E-state index in [4.69, 9.17) is 4.74 Å². The summed E-state index contributed by atoms with van der Waals surface area (Å²) in [7, 11) is 0. The summed E-state index contributed by atoms with van der Waals surface area (Å²) < 4.78 is 8.09. The van der Waals surface area contributed by atoms with Gasteiger partial charge in [0.1, 0.15) is 12.4 Å². The van der Waals surface area contributed by atoms with E-state index < -0.39 is 0 Å². The van der Waals surface area contributed by atoms with Gasteiger partial charge in [0, 0.05) is 18.8 Å². The summed E-state index contributed by atoms with van der Waals surface area (Å²) in [6.45, 7) is 10.3. The largest absolute Gasteiger partial charge is 0.486 e. The average Bonchev–Trinajstić information content (AvgIpc) is 3.41. The van der Waals surface area contributed by atoms with Crippen molar-refractivity contribution in [1.29, 1.82) is 0 Å². The van der Waals surface area contributed by atoms with Crippen molar-refractivity contribution in [2.45, 2.75) is 64.1 Å². The van der Waals surface area contributed by atoms with E-state index in [1.54, 1.807) is 0 Å². The topological polar surface area (TPSA) is 60.3 Å². The Morgan fingerprint density at radius 3 is 2.58 bits per heavy atom. The molecule has 0 saturated heterocycles. The van der Waals surface area contributed by atoms with E-state index in [1.807, 2.05) is 42.2 Å². The van der Waals surface area contributed by atoms with Crippen molar-refractivity contribution in [3.63, 3.8) is 0 Å². The fourth-order valence-electron chi connectivity index (χ4n) is 4.03. The molecule has 3 aromatic rings. The number of amides is 1. The van der Waals surface area contributed by atoms with Crippen LogP contribution in [0.1, 0.15) is 44.6 Å². The highest BCUT2D eigenvalue weighted by molar-refractivity contribution is 8.00. The highest BCUT2D eigenvalue weighted by Crippen LogP contribution is 2.31. The van der Waals surface area contributed by atoms with Crippen LogP contribution < -0.4 is 9.64 Å². The molecular formula is C26H32N4O2S. The summed E-state index contributed by atoms with van der Waals surface area (Å²) in [4.78, 5) is 15.1. The molecule has 33 heavy (non-hydrogen) atoms. The van der Waals surface area contributed by atoms with Gasteiger partial charge < -0.3 is 14.2 Å². The maximum absolute atomic E-state index is 13.2. The zero-order chi connectivity index (χ0) is 23.4. The Morgan fingerprint density at radius 2 is 1.85 bits per heavy atom. The second kappa shape index (κ2) is 10.4. The van der Waals surface area contributed by atoms with Gasteiger partial charge in [-0.2, -0.15) is 0 Å². The molecular weight excluding hydrogens is 432 g/mol. The number of hydrogen-bond donors (Lipinski definition) is 0. The van der Waals surface area contributed by atoms with E-state index in [2.05, 4.69) is 53.7 Å². The van der Waals surface area contributed by atoms with E-state index in [-0.39, 0.29) is 11.2 Å². The molecule has 0 radical (unpaired) electrons. The molecule has 2 heterocycles. The third-order valence-electron chi connectivity index (χ3n) is 5.82. The molecule has 0 aliphatic carbocycles. The van der Waals surface area contributed by atoms with Gasteiger partial charge in [-0.1, -0.05) is 62.9 Å². The predicted octanol–water partition coefficient (Wildman–Crippen LogP) is 5.15. The van der Waals surface area contributed by atoms with Crippen molar-refractivity contribution < 1.29 is 9.53 Å². The van der Waals surface area contributed by atoms with Crippen LogP contribution in [0.15, 0.2) is 53.7 Å². The van der Waals surface area contributed by atoms with Crippen LogP contribution in [-0.2, 0) is 30.8 Å². The number of benzene rings is 2. The number of thioether (sulfide) groups is 1. The van der Waals surface area contributed by atoms with Crippen LogP contribution in [0.5, 0.6) is 5.75 Å². The second-order valence-electron chi connectivity index (χ2n) is 8.82. The van der Waals surface area contributed by atoms with Gasteiger partial charge in [-0.3, -0.25) is 4.79 Å². The average molecular weight is 465 g/mol. The zero-order valence-corrected chi connectivity index (χ0v) is 20.6. The van der Waals surface area contributed by atoms with Gasteiger partial charge >= 0.3 is 0 Å². The lowest BCUT2D eigenvalue weighted by Gasteiger charge is -2.21. The number of aryl methyl sites for hydroxylation is 1. The van der Waals surface area contributed by atoms with Crippen LogP contribution in [0.3, 0.4) is 0 Å². The number of nitrogens with zero attached hydrogens (tertiary/aromatic N) is 4. The number of ether oxygens (including phenoxy) is 1. The number of carbonyl (C=O) groups excluding carboxylic acids is 1. The highest BCUT2D eigenvalue weighted by atomic mass is 32.2. The van der Waals surface area contributed by atoms with Crippen molar-refractivity contribution >= 4 is 23.4 Å². The van der Waals surface area contributed by atoms with Gasteiger partial charge in [-0.15, -0.1) is 10.2 Å². The second-order valence-corrected chi connectivity index (χ2v) is 10.1. The first kappa shape index (κ1) is 23.4. The minimum absolute atomic E-state index is 0.109. The van der Waals surface area contributed by atoms with Crippen molar-refractivity contribution in [2.24, 2.45) is 5.92 Å². The van der Waals surface area contributed by atoms with Crippen molar-refractivity contribution in [3.8, 4) is 5.75 Å². The normalized spacial score (nSPS) is 13.9. The van der Waals surface area contributed by atoms with E-state index in [9.17, 15) is 4.79 Å². The predicted molar refractivity (Wildman–Crippen MR) is 133 cm³/mol. The highest BCUT2D eigenvalue weighted by Gasteiger charge is 2.29. The smallest absolute Gasteiger partial charge is 0.240 e. The van der Waals surface area contributed by atoms with Gasteiger partial charge in [0.15, 0.2) is 11.0 Å². The molecule has 1 aromatic heterocycles. The summed E-state index contributed by atoms with van der Waals surface area (Å²) in [6.07, 6.45) is 1.91. The summed E-state index contributed by atoms with van der Waals surface area (Å²) in [5.41, 5.74) is 3.54. The lowest BCUT2D eigenvalue weighted by molar-refractivity contribution is -0.117. The molecule has 1 aliphatic heterocycles. The number of para-hydroxylation sites is 1. The van der Waals surface area contributed by atoms with Crippen molar-refractivity contribution in [3.05, 3.63) is 65.5 Å². The van der Waals surface area contributed by atoms with E-state index in [0.717, 1.165) is 48.3 Å². The molecule has 174 valence electrons. The molecule has 0 spiro atoms. The van der Waals surface area contributed by atoms with Gasteiger partial charge in [-0.05, 0) is 55.0 Å². The number of carbonyl (C=O) groups is 1. The Hall–Kier alpha value is -2.80. The number of rotatable bonds is 9. The zero-order valence-electron chi connectivity index (χ0n) is 19.8. The number of aromatic nitrogens is 3. The number of fused-ring (bicyclic) bond motifs is 1. The van der Waals surface area contributed by atoms with Crippen LogP contribution in [-0.4, -0.2) is 32.5 Å². The minimum Gasteiger partial charge on any atom is -0.486 e. The lowest BCUT2D eigenvalue weighted by Crippen LogP contribution is -2.35. The molecule has 0 bridgehead atoms. The third-order valence-corrected chi connectivity index (χ3v) is 6.89. The summed E-state index contributed by atoms with van der Waals surface area (Å²) in [5, 5.41) is 9.33. The lowest BCUT2D eigenvalue weighted by atomic mass is 10.2. The standard InChI is InChI=1S/C26H32N4O2S/c1-5-20-10-12-22(13-11-20)32-17-24-27-28-26(30(24)16-18(2)3)33-19(4)25(31)29-15-14-21-8-6-7-9-23(21)29/h6-13,18-19H,5,14-17H2,1-4H3. The third kappa shape index (κ3) is 5.41. The fraction of sp³-hybridized carbons (Fsp3) is 0.423.